The largest absolute Gasteiger partial charge is 0.497 e. The number of rotatable bonds is 8. The Morgan fingerprint density at radius 1 is 1.19 bits per heavy atom. The Kier molecular flexibility index (Phi) is 6.14. The van der Waals surface area contributed by atoms with E-state index < -0.39 is 6.04 Å². The molecule has 0 aliphatic heterocycles. The van der Waals surface area contributed by atoms with Crippen LogP contribution in [0.1, 0.15) is 18.1 Å². The van der Waals surface area contributed by atoms with Gasteiger partial charge in [-0.05, 0) is 36.2 Å². The highest BCUT2D eigenvalue weighted by molar-refractivity contribution is 5.86. The van der Waals surface area contributed by atoms with Crippen molar-refractivity contribution in [3.05, 3.63) is 65.9 Å². The normalized spacial score (nSPS) is 12.1. The van der Waals surface area contributed by atoms with Gasteiger partial charge in [-0.1, -0.05) is 30.3 Å². The van der Waals surface area contributed by atoms with Crippen LogP contribution in [-0.2, 0) is 29.5 Å². The fourth-order valence-corrected chi connectivity index (χ4v) is 3.28. The Hall–Kier alpha value is -2.79. The minimum absolute atomic E-state index is 0.228. The van der Waals surface area contributed by atoms with Crippen LogP contribution in [0.15, 0.2) is 54.7 Å². The average molecular weight is 366 g/mol. The molecule has 1 atom stereocenters. The number of aromatic nitrogens is 1. The number of nitrogens with zero attached hydrogens (tertiary/aromatic N) is 1. The van der Waals surface area contributed by atoms with Crippen LogP contribution in [-0.4, -0.2) is 30.3 Å². The minimum Gasteiger partial charge on any atom is -0.497 e. The van der Waals surface area contributed by atoms with Crippen molar-refractivity contribution < 1.29 is 14.3 Å². The molecule has 0 saturated heterocycles. The highest BCUT2D eigenvalue weighted by atomic mass is 16.5. The van der Waals surface area contributed by atoms with Gasteiger partial charge in [-0.15, -0.1) is 0 Å². The van der Waals surface area contributed by atoms with Gasteiger partial charge in [0.05, 0.1) is 13.7 Å². The van der Waals surface area contributed by atoms with Gasteiger partial charge in [-0.3, -0.25) is 4.79 Å². The second-order valence-corrected chi connectivity index (χ2v) is 6.52. The van der Waals surface area contributed by atoms with Gasteiger partial charge in [0.1, 0.15) is 11.8 Å². The molecule has 0 saturated carbocycles. The van der Waals surface area contributed by atoms with E-state index in [9.17, 15) is 4.79 Å². The number of fused-ring (bicyclic) bond motifs is 1. The zero-order chi connectivity index (χ0) is 19.2. The van der Waals surface area contributed by atoms with Gasteiger partial charge >= 0.3 is 5.97 Å². The van der Waals surface area contributed by atoms with Crippen LogP contribution >= 0.6 is 0 Å². The van der Waals surface area contributed by atoms with Crippen molar-refractivity contribution in [3.8, 4) is 5.75 Å². The van der Waals surface area contributed by atoms with Crippen molar-refractivity contribution in [2.75, 3.05) is 13.7 Å². The van der Waals surface area contributed by atoms with Gasteiger partial charge in [-0.2, -0.15) is 0 Å². The van der Waals surface area contributed by atoms with Crippen LogP contribution in [0.25, 0.3) is 10.9 Å². The standard InChI is InChI=1S/C22H26N2O3/c1-4-27-22(25)20(23-14-16-8-6-5-7-9-16)12-17-15-24(2)21-11-10-18(26-3)13-19(17)21/h5-11,13,15,20,23H,4,12,14H2,1-3H3/t20-/m1/s1. The monoisotopic (exact) mass is 366 g/mol. The predicted molar refractivity (Wildman–Crippen MR) is 107 cm³/mol. The highest BCUT2D eigenvalue weighted by Gasteiger charge is 2.22. The quantitative estimate of drug-likeness (QED) is 0.621. The molecule has 0 radical (unpaired) electrons. The molecule has 0 fully saturated rings. The van der Waals surface area contributed by atoms with E-state index in [-0.39, 0.29) is 5.97 Å². The Morgan fingerprint density at radius 3 is 2.67 bits per heavy atom. The third-order valence-corrected chi connectivity index (χ3v) is 4.67. The maximum absolute atomic E-state index is 12.5. The molecule has 0 aliphatic rings. The first-order chi connectivity index (χ1) is 13.1. The van der Waals surface area contributed by atoms with E-state index in [1.54, 1.807) is 7.11 Å². The van der Waals surface area contributed by atoms with E-state index in [0.717, 1.165) is 27.8 Å². The van der Waals surface area contributed by atoms with Crippen molar-refractivity contribution in [3.63, 3.8) is 0 Å². The molecule has 142 valence electrons. The lowest BCUT2D eigenvalue weighted by molar-refractivity contribution is -0.145. The molecule has 27 heavy (non-hydrogen) atoms. The number of hydrogen-bond acceptors (Lipinski definition) is 4. The summed E-state index contributed by atoms with van der Waals surface area (Å²) in [7, 11) is 3.67. The fraction of sp³-hybridized carbons (Fsp3) is 0.318. The summed E-state index contributed by atoms with van der Waals surface area (Å²) in [4.78, 5) is 12.5. The Labute approximate surface area is 159 Å². The van der Waals surface area contributed by atoms with Crippen LogP contribution in [0.4, 0.5) is 0 Å². The Balaban J connectivity index is 1.84. The lowest BCUT2D eigenvalue weighted by atomic mass is 10.0. The molecule has 0 unspecified atom stereocenters. The number of carbonyl (C=O) groups is 1. The SMILES string of the molecule is CCOC(=O)[C@@H](Cc1cn(C)c2ccc(OC)cc12)NCc1ccccc1. The number of benzene rings is 2. The maximum Gasteiger partial charge on any atom is 0.323 e. The summed E-state index contributed by atoms with van der Waals surface area (Å²) in [5.74, 6) is 0.577. The maximum atomic E-state index is 12.5. The van der Waals surface area contributed by atoms with E-state index in [0.29, 0.717) is 19.6 Å². The predicted octanol–water partition coefficient (Wildman–Crippen LogP) is 3.45. The fourth-order valence-electron chi connectivity index (χ4n) is 3.28. The molecule has 3 rings (SSSR count). The van der Waals surface area contributed by atoms with E-state index in [1.807, 2.05) is 62.5 Å². The molecule has 5 nitrogen and oxygen atoms in total. The van der Waals surface area contributed by atoms with Crippen LogP contribution in [0.2, 0.25) is 0 Å². The zero-order valence-electron chi connectivity index (χ0n) is 16.1. The molecule has 3 aromatic rings. The highest BCUT2D eigenvalue weighted by Crippen LogP contribution is 2.26. The Bertz CT molecular complexity index is 903. The summed E-state index contributed by atoms with van der Waals surface area (Å²) >= 11 is 0. The zero-order valence-corrected chi connectivity index (χ0v) is 16.1. The summed E-state index contributed by atoms with van der Waals surface area (Å²) in [6, 6.07) is 15.6. The number of aryl methyl sites for hydroxylation is 1. The number of nitrogens with one attached hydrogen (secondary N) is 1. The number of esters is 1. The van der Waals surface area contributed by atoms with Crippen molar-refractivity contribution in [1.82, 2.24) is 9.88 Å². The lowest BCUT2D eigenvalue weighted by Crippen LogP contribution is -2.39. The van der Waals surface area contributed by atoms with Crippen LogP contribution in [0.5, 0.6) is 5.75 Å². The van der Waals surface area contributed by atoms with Gasteiger partial charge in [0.2, 0.25) is 0 Å². The molecule has 5 heteroatoms. The second-order valence-electron chi connectivity index (χ2n) is 6.52. The molecule has 1 aromatic heterocycles. The number of carbonyl (C=O) groups excluding carboxylic acids is 1. The van der Waals surface area contributed by atoms with Crippen molar-refractivity contribution in [2.24, 2.45) is 7.05 Å². The molecular formula is C22H26N2O3. The summed E-state index contributed by atoms with van der Waals surface area (Å²) in [5.41, 5.74) is 3.33. The number of ether oxygens (including phenoxy) is 2. The second kappa shape index (κ2) is 8.73. The first kappa shape index (κ1) is 19.0. The first-order valence-electron chi connectivity index (χ1n) is 9.18. The van der Waals surface area contributed by atoms with E-state index >= 15 is 0 Å². The van der Waals surface area contributed by atoms with Crippen molar-refractivity contribution in [2.45, 2.75) is 25.9 Å². The van der Waals surface area contributed by atoms with Gasteiger partial charge < -0.3 is 19.4 Å². The number of methoxy groups -OCH3 is 1. The third kappa shape index (κ3) is 4.49. The molecule has 2 aromatic carbocycles. The van der Waals surface area contributed by atoms with Gasteiger partial charge in [0.25, 0.3) is 0 Å². The van der Waals surface area contributed by atoms with E-state index in [1.165, 1.54) is 0 Å². The van der Waals surface area contributed by atoms with Crippen LogP contribution in [0, 0.1) is 0 Å². The Morgan fingerprint density at radius 2 is 1.96 bits per heavy atom. The van der Waals surface area contributed by atoms with E-state index in [4.69, 9.17) is 9.47 Å². The lowest BCUT2D eigenvalue weighted by Gasteiger charge is -2.17. The smallest absolute Gasteiger partial charge is 0.323 e. The molecule has 0 bridgehead atoms. The third-order valence-electron chi connectivity index (χ3n) is 4.67. The molecule has 1 heterocycles. The minimum atomic E-state index is -0.415. The first-order valence-corrected chi connectivity index (χ1v) is 9.18. The van der Waals surface area contributed by atoms with Gasteiger partial charge in [0, 0.05) is 37.1 Å². The molecule has 0 aliphatic carbocycles. The molecule has 1 N–H and O–H groups in total. The molecule has 0 spiro atoms. The summed E-state index contributed by atoms with van der Waals surface area (Å²) < 4.78 is 12.7. The van der Waals surface area contributed by atoms with E-state index in [2.05, 4.69) is 16.1 Å². The molecular weight excluding hydrogens is 340 g/mol. The van der Waals surface area contributed by atoms with Gasteiger partial charge in [0.15, 0.2) is 0 Å². The summed E-state index contributed by atoms with van der Waals surface area (Å²) in [6.07, 6.45) is 2.62. The summed E-state index contributed by atoms with van der Waals surface area (Å²) in [5, 5.41) is 4.45. The summed E-state index contributed by atoms with van der Waals surface area (Å²) in [6.45, 7) is 2.80. The van der Waals surface area contributed by atoms with Crippen molar-refractivity contribution in [1.29, 1.82) is 0 Å². The molecule has 0 amide bonds. The number of hydrogen-bond donors (Lipinski definition) is 1. The van der Waals surface area contributed by atoms with Crippen molar-refractivity contribution >= 4 is 16.9 Å². The van der Waals surface area contributed by atoms with Crippen LogP contribution < -0.4 is 10.1 Å². The topological polar surface area (TPSA) is 52.5 Å². The average Bonchev–Trinajstić information content (AvgIpc) is 3.00. The van der Waals surface area contributed by atoms with Gasteiger partial charge in [-0.25, -0.2) is 0 Å². The van der Waals surface area contributed by atoms with Crippen LogP contribution in [0.3, 0.4) is 0 Å².